The fourth-order valence-corrected chi connectivity index (χ4v) is 2.13. The molecule has 2 N–H and O–H groups in total. The molecule has 0 radical (unpaired) electrons. The van der Waals surface area contributed by atoms with Gasteiger partial charge in [-0.15, -0.1) is 0 Å². The molecule has 0 bridgehead atoms. The van der Waals surface area contributed by atoms with Crippen LogP contribution in [-0.4, -0.2) is 21.8 Å². The van der Waals surface area contributed by atoms with Gasteiger partial charge in [-0.05, 0) is 19.3 Å². The summed E-state index contributed by atoms with van der Waals surface area (Å²) in [5.74, 6) is -2.26. The number of epoxide rings is 1. The molecule has 0 aromatic carbocycles. The molecule has 0 amide bonds. The Morgan fingerprint density at radius 3 is 2.82 bits per heavy atom. The molecule has 11 heavy (non-hydrogen) atoms. The molecule has 64 valence electrons. The molecule has 1 saturated heterocycles. The van der Waals surface area contributed by atoms with Crippen molar-refractivity contribution in [1.82, 2.24) is 0 Å². The molecule has 0 aromatic rings. The summed E-state index contributed by atoms with van der Waals surface area (Å²) in [4.78, 5) is 0. The van der Waals surface area contributed by atoms with Gasteiger partial charge in [0.1, 0.15) is 0 Å². The Morgan fingerprint density at radius 1 is 1.55 bits per heavy atom. The fraction of sp³-hybridized carbons (Fsp3) is 1.00. The van der Waals surface area contributed by atoms with Crippen LogP contribution in [0.5, 0.6) is 0 Å². The lowest BCUT2D eigenvalue weighted by molar-refractivity contribution is -0.0504. The Labute approximate surface area is 66.0 Å². The summed E-state index contributed by atoms with van der Waals surface area (Å²) in [6.07, 6.45) is 3.38. The van der Waals surface area contributed by atoms with Gasteiger partial charge in [0, 0.05) is 12.3 Å². The van der Waals surface area contributed by atoms with Gasteiger partial charge < -0.3 is 14.9 Å². The summed E-state index contributed by atoms with van der Waals surface area (Å²) in [5.41, 5.74) is 0. The number of ether oxygens (including phenoxy) is 1. The topological polar surface area (TPSA) is 53.0 Å². The average molecular weight is 158 g/mol. The standard InChI is InChI=1S/C8H14O3/c1-2-6-4-3-5-7(9)8(6,10)11-7/h6,9-10H,2-5H2,1H3. The van der Waals surface area contributed by atoms with E-state index in [-0.39, 0.29) is 5.92 Å². The summed E-state index contributed by atoms with van der Waals surface area (Å²) in [5, 5.41) is 19.2. The van der Waals surface area contributed by atoms with Crippen LogP contribution in [0.4, 0.5) is 0 Å². The lowest BCUT2D eigenvalue weighted by atomic mass is 9.83. The maximum absolute atomic E-state index is 9.70. The summed E-state index contributed by atoms with van der Waals surface area (Å²) in [6.45, 7) is 2.01. The first-order chi connectivity index (χ1) is 5.12. The van der Waals surface area contributed by atoms with E-state index in [2.05, 4.69) is 0 Å². The highest BCUT2D eigenvalue weighted by molar-refractivity contribution is 5.06. The quantitative estimate of drug-likeness (QED) is 0.549. The van der Waals surface area contributed by atoms with Crippen molar-refractivity contribution in [2.24, 2.45) is 5.92 Å². The van der Waals surface area contributed by atoms with Crippen LogP contribution in [0.2, 0.25) is 0 Å². The molecule has 0 aromatic heterocycles. The van der Waals surface area contributed by atoms with Gasteiger partial charge in [0.05, 0.1) is 0 Å². The Kier molecular flexibility index (Phi) is 1.35. The molecular weight excluding hydrogens is 144 g/mol. The second-order valence-corrected chi connectivity index (χ2v) is 3.58. The van der Waals surface area contributed by atoms with Crippen molar-refractivity contribution >= 4 is 0 Å². The Bertz CT molecular complexity index is 182. The van der Waals surface area contributed by atoms with Gasteiger partial charge in [-0.2, -0.15) is 0 Å². The van der Waals surface area contributed by atoms with Crippen LogP contribution in [0.25, 0.3) is 0 Å². The lowest BCUT2D eigenvalue weighted by Crippen LogP contribution is -2.37. The van der Waals surface area contributed by atoms with Crippen LogP contribution in [0.3, 0.4) is 0 Å². The van der Waals surface area contributed by atoms with Crippen molar-refractivity contribution in [1.29, 1.82) is 0 Å². The normalized spacial score (nSPS) is 55.4. The highest BCUT2D eigenvalue weighted by atomic mass is 16.8. The van der Waals surface area contributed by atoms with E-state index in [1.165, 1.54) is 0 Å². The van der Waals surface area contributed by atoms with E-state index in [0.29, 0.717) is 6.42 Å². The van der Waals surface area contributed by atoms with Crippen molar-refractivity contribution in [3.8, 4) is 0 Å². The molecule has 2 aliphatic rings. The Hall–Kier alpha value is -0.120. The van der Waals surface area contributed by atoms with Gasteiger partial charge in [-0.25, -0.2) is 0 Å². The minimum atomic E-state index is -1.19. The van der Waals surface area contributed by atoms with Crippen molar-refractivity contribution in [2.45, 2.75) is 44.2 Å². The third kappa shape index (κ3) is 0.789. The number of fused-ring (bicyclic) bond motifs is 1. The third-order valence-electron chi connectivity index (χ3n) is 2.96. The van der Waals surface area contributed by atoms with Crippen molar-refractivity contribution < 1.29 is 14.9 Å². The summed E-state index contributed by atoms with van der Waals surface area (Å²) in [6, 6.07) is 0. The maximum atomic E-state index is 9.70. The van der Waals surface area contributed by atoms with Crippen LogP contribution >= 0.6 is 0 Å². The number of hydrogen-bond donors (Lipinski definition) is 2. The van der Waals surface area contributed by atoms with E-state index in [0.717, 1.165) is 19.3 Å². The molecular formula is C8H14O3. The SMILES string of the molecule is CCC1CCCC2(O)OC12O. The highest BCUT2D eigenvalue weighted by Crippen LogP contribution is 2.57. The van der Waals surface area contributed by atoms with Gasteiger partial charge in [0.15, 0.2) is 0 Å². The number of hydrogen-bond acceptors (Lipinski definition) is 3. The number of aliphatic hydroxyl groups is 2. The molecule has 3 nitrogen and oxygen atoms in total. The first-order valence-electron chi connectivity index (χ1n) is 4.27. The Morgan fingerprint density at radius 2 is 2.27 bits per heavy atom. The smallest absolute Gasteiger partial charge is 0.226 e. The molecule has 1 aliphatic carbocycles. The molecule has 2 fully saturated rings. The van der Waals surface area contributed by atoms with E-state index in [1.54, 1.807) is 0 Å². The Balaban J connectivity index is 2.15. The van der Waals surface area contributed by atoms with Crippen molar-refractivity contribution in [3.05, 3.63) is 0 Å². The second kappa shape index (κ2) is 1.97. The van der Waals surface area contributed by atoms with Gasteiger partial charge in [0.2, 0.25) is 11.6 Å². The molecule has 1 saturated carbocycles. The van der Waals surface area contributed by atoms with Crippen molar-refractivity contribution in [2.75, 3.05) is 0 Å². The first-order valence-corrected chi connectivity index (χ1v) is 4.27. The predicted molar refractivity (Wildman–Crippen MR) is 38.6 cm³/mol. The van der Waals surface area contributed by atoms with Crippen LogP contribution in [0, 0.1) is 5.92 Å². The number of rotatable bonds is 1. The van der Waals surface area contributed by atoms with Crippen LogP contribution in [0.15, 0.2) is 0 Å². The van der Waals surface area contributed by atoms with E-state index in [9.17, 15) is 10.2 Å². The van der Waals surface area contributed by atoms with E-state index in [4.69, 9.17) is 4.74 Å². The maximum Gasteiger partial charge on any atom is 0.226 e. The monoisotopic (exact) mass is 158 g/mol. The van der Waals surface area contributed by atoms with Gasteiger partial charge in [0.25, 0.3) is 0 Å². The average Bonchev–Trinajstić information content (AvgIpc) is 2.52. The highest BCUT2D eigenvalue weighted by Gasteiger charge is 2.73. The minimum Gasteiger partial charge on any atom is -0.361 e. The zero-order valence-corrected chi connectivity index (χ0v) is 6.71. The third-order valence-corrected chi connectivity index (χ3v) is 2.96. The fourth-order valence-electron chi connectivity index (χ4n) is 2.13. The zero-order valence-electron chi connectivity index (χ0n) is 6.71. The van der Waals surface area contributed by atoms with Crippen LogP contribution < -0.4 is 0 Å². The molecule has 2 rings (SSSR count). The largest absolute Gasteiger partial charge is 0.361 e. The van der Waals surface area contributed by atoms with Crippen LogP contribution in [-0.2, 0) is 4.74 Å². The second-order valence-electron chi connectivity index (χ2n) is 3.58. The zero-order chi connectivity index (χ0) is 8.11. The van der Waals surface area contributed by atoms with E-state index >= 15 is 0 Å². The van der Waals surface area contributed by atoms with Gasteiger partial charge in [-0.3, -0.25) is 0 Å². The molecule has 3 atom stereocenters. The molecule has 3 unspecified atom stereocenters. The first kappa shape index (κ1) is 7.53. The summed E-state index contributed by atoms with van der Waals surface area (Å²) in [7, 11) is 0. The predicted octanol–water partition coefficient (Wildman–Crippen LogP) is 0.604. The van der Waals surface area contributed by atoms with Crippen LogP contribution in [0.1, 0.15) is 32.6 Å². The summed E-state index contributed by atoms with van der Waals surface area (Å²) < 4.78 is 4.97. The summed E-state index contributed by atoms with van der Waals surface area (Å²) >= 11 is 0. The molecule has 0 spiro atoms. The molecule has 1 heterocycles. The van der Waals surface area contributed by atoms with Gasteiger partial charge >= 0.3 is 0 Å². The van der Waals surface area contributed by atoms with Crippen molar-refractivity contribution in [3.63, 3.8) is 0 Å². The molecule has 1 aliphatic heterocycles. The van der Waals surface area contributed by atoms with E-state index in [1.807, 2.05) is 6.92 Å². The van der Waals surface area contributed by atoms with E-state index < -0.39 is 11.6 Å². The van der Waals surface area contributed by atoms with Gasteiger partial charge in [-0.1, -0.05) is 6.92 Å². The minimum absolute atomic E-state index is 0.126. The molecule has 3 heteroatoms. The lowest BCUT2D eigenvalue weighted by Gasteiger charge is -2.24.